The number of hydrogen-bond acceptors (Lipinski definition) is 4. The van der Waals surface area contributed by atoms with Gasteiger partial charge in [0, 0.05) is 37.3 Å². The van der Waals surface area contributed by atoms with Gasteiger partial charge in [-0.3, -0.25) is 9.36 Å². The van der Waals surface area contributed by atoms with Gasteiger partial charge in [0.1, 0.15) is 0 Å². The van der Waals surface area contributed by atoms with Gasteiger partial charge in [0.25, 0.3) is 13.4 Å². The Balaban J connectivity index is 2.15. The second-order valence-electron chi connectivity index (χ2n) is 7.33. The molecule has 2 N–H and O–H groups in total. The molecule has 3 aromatic rings. The summed E-state index contributed by atoms with van der Waals surface area (Å²) >= 11 is 3.54. The Bertz CT molecular complexity index is 1110. The van der Waals surface area contributed by atoms with Crippen LogP contribution < -0.4 is 20.6 Å². The van der Waals surface area contributed by atoms with Gasteiger partial charge in [-0.25, -0.2) is 4.67 Å². The minimum absolute atomic E-state index is 0.183. The zero-order valence-electron chi connectivity index (χ0n) is 18.6. The molecule has 7 nitrogen and oxygen atoms in total. The second-order valence-corrected chi connectivity index (χ2v) is 10.6. The maximum absolute atomic E-state index is 14.7. The van der Waals surface area contributed by atoms with E-state index in [-0.39, 0.29) is 5.76 Å². The molecule has 1 amide bonds. The largest absolute Gasteiger partial charge is 0.459 e. The van der Waals surface area contributed by atoms with Crippen LogP contribution in [0.15, 0.2) is 69.8 Å². The van der Waals surface area contributed by atoms with Gasteiger partial charge in [-0.1, -0.05) is 26.0 Å². The molecular formula is C23H28BrN4O3P. The van der Waals surface area contributed by atoms with Crippen LogP contribution in [0.4, 0.5) is 17.1 Å². The molecule has 0 saturated carbocycles. The topological polar surface area (TPSA) is 77.8 Å². The number of halogens is 1. The van der Waals surface area contributed by atoms with E-state index in [1.165, 1.54) is 6.26 Å². The summed E-state index contributed by atoms with van der Waals surface area (Å²) in [7, 11) is 0.464. The van der Waals surface area contributed by atoms with Crippen LogP contribution >= 0.6 is 23.4 Å². The van der Waals surface area contributed by atoms with E-state index in [9.17, 15) is 9.36 Å². The highest BCUT2D eigenvalue weighted by Gasteiger charge is 2.34. The fourth-order valence-electron chi connectivity index (χ4n) is 3.38. The fourth-order valence-corrected chi connectivity index (χ4v) is 6.52. The zero-order chi connectivity index (χ0) is 23.3. The average molecular weight is 519 g/mol. The first-order chi connectivity index (χ1) is 15.3. The Morgan fingerprint density at radius 3 is 2.34 bits per heavy atom. The number of benzene rings is 2. The van der Waals surface area contributed by atoms with E-state index in [0.29, 0.717) is 29.8 Å². The molecule has 0 unspecified atom stereocenters. The van der Waals surface area contributed by atoms with E-state index in [1.54, 1.807) is 12.1 Å². The van der Waals surface area contributed by atoms with Crippen molar-refractivity contribution < 1.29 is 13.8 Å². The van der Waals surface area contributed by atoms with Gasteiger partial charge in [0.05, 0.1) is 22.9 Å². The zero-order valence-corrected chi connectivity index (χ0v) is 21.1. The Kier molecular flexibility index (Phi) is 7.82. The monoisotopic (exact) mass is 518 g/mol. The van der Waals surface area contributed by atoms with E-state index in [2.05, 4.69) is 26.3 Å². The summed E-state index contributed by atoms with van der Waals surface area (Å²) < 4.78 is 22.6. The number of furan rings is 1. The lowest BCUT2D eigenvalue weighted by Gasteiger charge is -2.33. The van der Waals surface area contributed by atoms with Crippen LogP contribution in [0.25, 0.3) is 0 Å². The van der Waals surface area contributed by atoms with Crippen molar-refractivity contribution in [3.63, 3.8) is 0 Å². The van der Waals surface area contributed by atoms with Crippen LogP contribution in [-0.4, -0.2) is 37.8 Å². The number of nitrogens with zero attached hydrogens (tertiary/aromatic N) is 2. The van der Waals surface area contributed by atoms with E-state index in [4.69, 9.17) is 4.42 Å². The first-order valence-corrected chi connectivity index (χ1v) is 12.8. The molecule has 1 aromatic heterocycles. The lowest BCUT2D eigenvalue weighted by Crippen LogP contribution is -2.32. The number of amides is 1. The lowest BCUT2D eigenvalue weighted by atomic mass is 10.2. The standard InChI is InChI=1S/C23H28BrN4O3P/c1-5-28(6-2)32(30,26-19-11-8-7-10-18(19)24)22-14-13-17(27(3)4)16-20(22)25-23(29)21-12-9-15-31-21/h7-16H,5-6H2,1-4H3,(H,25,29)(H,26,30)/t32-/m1/s1. The molecule has 0 fully saturated rings. The molecule has 1 heterocycles. The van der Waals surface area contributed by atoms with Crippen molar-refractivity contribution in [2.24, 2.45) is 0 Å². The third-order valence-corrected chi connectivity index (χ3v) is 8.73. The minimum atomic E-state index is -3.36. The smallest absolute Gasteiger partial charge is 0.291 e. The number of rotatable bonds is 9. The lowest BCUT2D eigenvalue weighted by molar-refractivity contribution is 0.0997. The van der Waals surface area contributed by atoms with Gasteiger partial charge in [-0.15, -0.1) is 0 Å². The van der Waals surface area contributed by atoms with E-state index < -0.39 is 13.4 Å². The molecule has 1 atom stereocenters. The quantitative estimate of drug-likeness (QED) is 0.357. The van der Waals surface area contributed by atoms with Crippen molar-refractivity contribution in [3.8, 4) is 0 Å². The third kappa shape index (κ3) is 5.09. The number of carbonyl (C=O) groups excluding carboxylic acids is 1. The predicted octanol–water partition coefficient (Wildman–Crippen LogP) is 5.63. The van der Waals surface area contributed by atoms with Gasteiger partial charge in [0.15, 0.2) is 5.76 Å². The molecule has 9 heteroatoms. The Morgan fingerprint density at radius 2 is 1.75 bits per heavy atom. The summed E-state index contributed by atoms with van der Waals surface area (Å²) in [6.07, 6.45) is 1.45. The van der Waals surface area contributed by atoms with E-state index in [0.717, 1.165) is 10.2 Å². The van der Waals surface area contributed by atoms with Gasteiger partial charge in [-0.2, -0.15) is 0 Å². The Labute approximate surface area is 197 Å². The first-order valence-electron chi connectivity index (χ1n) is 10.3. The number of para-hydroxylation sites is 1. The summed E-state index contributed by atoms with van der Waals surface area (Å²) in [5.74, 6) is -0.221. The van der Waals surface area contributed by atoms with Crippen LogP contribution in [0, 0.1) is 0 Å². The van der Waals surface area contributed by atoms with Crippen molar-refractivity contribution in [1.82, 2.24) is 4.67 Å². The van der Waals surface area contributed by atoms with Gasteiger partial charge >= 0.3 is 0 Å². The highest BCUT2D eigenvalue weighted by Crippen LogP contribution is 2.51. The molecule has 0 aliphatic heterocycles. The summed E-state index contributed by atoms with van der Waals surface area (Å²) in [5, 5.41) is 6.71. The highest BCUT2D eigenvalue weighted by atomic mass is 79.9. The average Bonchev–Trinajstić information content (AvgIpc) is 3.31. The van der Waals surface area contributed by atoms with Gasteiger partial charge < -0.3 is 19.7 Å². The Morgan fingerprint density at radius 1 is 1.03 bits per heavy atom. The predicted molar refractivity (Wildman–Crippen MR) is 135 cm³/mol. The van der Waals surface area contributed by atoms with Crippen molar-refractivity contribution in [2.45, 2.75) is 13.8 Å². The first kappa shape index (κ1) is 24.1. The van der Waals surface area contributed by atoms with Crippen molar-refractivity contribution >= 4 is 51.6 Å². The molecule has 170 valence electrons. The molecule has 0 aliphatic rings. The molecule has 0 spiro atoms. The minimum Gasteiger partial charge on any atom is -0.459 e. The fraction of sp³-hybridized carbons (Fsp3) is 0.261. The SMILES string of the molecule is CCN(CC)[P@](=O)(Nc1ccccc1Br)c1ccc(N(C)C)cc1NC(=O)c1ccco1. The molecule has 32 heavy (non-hydrogen) atoms. The molecule has 0 bridgehead atoms. The van der Waals surface area contributed by atoms with Crippen LogP contribution in [0.2, 0.25) is 0 Å². The second kappa shape index (κ2) is 10.4. The molecule has 0 saturated heterocycles. The highest BCUT2D eigenvalue weighted by molar-refractivity contribution is 9.10. The number of hydrogen-bond donors (Lipinski definition) is 2. The third-order valence-electron chi connectivity index (χ3n) is 5.09. The van der Waals surface area contributed by atoms with Crippen LogP contribution in [-0.2, 0) is 4.57 Å². The van der Waals surface area contributed by atoms with Crippen LogP contribution in [0.3, 0.4) is 0 Å². The number of carbonyl (C=O) groups is 1. The van der Waals surface area contributed by atoms with Gasteiger partial charge in [0.2, 0.25) is 0 Å². The van der Waals surface area contributed by atoms with E-state index >= 15 is 0 Å². The maximum Gasteiger partial charge on any atom is 0.291 e. The van der Waals surface area contributed by atoms with Crippen LogP contribution in [0.5, 0.6) is 0 Å². The number of nitrogens with one attached hydrogen (secondary N) is 2. The molecular weight excluding hydrogens is 491 g/mol. The summed E-state index contributed by atoms with van der Waals surface area (Å²) in [4.78, 5) is 14.7. The molecule has 0 radical (unpaired) electrons. The van der Waals surface area contributed by atoms with Crippen molar-refractivity contribution in [1.29, 1.82) is 0 Å². The van der Waals surface area contributed by atoms with E-state index in [1.807, 2.05) is 80.0 Å². The van der Waals surface area contributed by atoms with Crippen LogP contribution in [0.1, 0.15) is 24.4 Å². The molecule has 3 rings (SSSR count). The molecule has 2 aromatic carbocycles. The normalized spacial score (nSPS) is 12.9. The van der Waals surface area contributed by atoms with Crippen molar-refractivity contribution in [2.75, 3.05) is 42.5 Å². The summed E-state index contributed by atoms with van der Waals surface area (Å²) in [6.45, 7) is 5.05. The maximum atomic E-state index is 14.7. The number of anilines is 3. The van der Waals surface area contributed by atoms with Gasteiger partial charge in [-0.05, 0) is 58.4 Å². The van der Waals surface area contributed by atoms with Crippen molar-refractivity contribution in [3.05, 3.63) is 71.1 Å². The summed E-state index contributed by atoms with van der Waals surface area (Å²) in [5.41, 5.74) is 2.05. The summed E-state index contributed by atoms with van der Waals surface area (Å²) in [6, 6.07) is 16.3. The Hall–Kier alpha value is -2.54. The molecule has 0 aliphatic carbocycles.